The molecule has 1 saturated heterocycles. The molecule has 1 aliphatic heterocycles. The molecule has 1 fully saturated rings. The minimum absolute atomic E-state index is 0.0330. The summed E-state index contributed by atoms with van der Waals surface area (Å²) < 4.78 is 37.5. The van der Waals surface area contributed by atoms with E-state index < -0.39 is 35.7 Å². The zero-order chi connectivity index (χ0) is 18.9. The number of rotatable bonds is 3. The van der Waals surface area contributed by atoms with Crippen LogP contribution in [0.2, 0.25) is 0 Å². The summed E-state index contributed by atoms with van der Waals surface area (Å²) in [6.45, 7) is 0.121. The summed E-state index contributed by atoms with van der Waals surface area (Å²) in [7, 11) is 0. The number of nitrogens with zero attached hydrogens (tertiary/aromatic N) is 3. The number of carbonyl (C=O) groups is 2. The average Bonchev–Trinajstić information content (AvgIpc) is 3.07. The minimum Gasteiger partial charge on any atom is -0.481 e. The van der Waals surface area contributed by atoms with E-state index in [4.69, 9.17) is 0 Å². The van der Waals surface area contributed by atoms with Crippen LogP contribution in [-0.2, 0) is 11.0 Å². The van der Waals surface area contributed by atoms with Crippen molar-refractivity contribution < 1.29 is 27.9 Å². The molecule has 6 nitrogen and oxygen atoms in total. The standard InChI is InChI=1S/C17H14F3N3O3/c18-17(19,20)16-21-6-11(7-22-16)14(24)23-8-12(13(9-23)15(25)26)10-4-2-1-3-5-10/h1-7,12-13H,8-9H2,(H,25,26)/t12-,13-/m1/s1. The van der Waals surface area contributed by atoms with Crippen LogP contribution in [-0.4, -0.2) is 44.9 Å². The van der Waals surface area contributed by atoms with Crippen LogP contribution in [0.4, 0.5) is 13.2 Å². The lowest BCUT2D eigenvalue weighted by Crippen LogP contribution is -2.30. The van der Waals surface area contributed by atoms with E-state index >= 15 is 0 Å². The lowest BCUT2D eigenvalue weighted by molar-refractivity contribution is -0.145. The number of benzene rings is 1. The third-order valence-corrected chi connectivity index (χ3v) is 4.30. The highest BCUT2D eigenvalue weighted by Gasteiger charge is 2.41. The van der Waals surface area contributed by atoms with Gasteiger partial charge in [0, 0.05) is 31.4 Å². The second-order valence-corrected chi connectivity index (χ2v) is 5.97. The summed E-state index contributed by atoms with van der Waals surface area (Å²) >= 11 is 0. The summed E-state index contributed by atoms with van der Waals surface area (Å²) in [4.78, 5) is 31.7. The summed E-state index contributed by atoms with van der Waals surface area (Å²) in [5.41, 5.74) is 0.676. The first-order chi connectivity index (χ1) is 12.3. The van der Waals surface area contributed by atoms with Crippen molar-refractivity contribution in [3.63, 3.8) is 0 Å². The van der Waals surface area contributed by atoms with E-state index in [-0.39, 0.29) is 18.7 Å². The zero-order valence-corrected chi connectivity index (χ0v) is 13.3. The number of alkyl halides is 3. The van der Waals surface area contributed by atoms with Gasteiger partial charge in [0.25, 0.3) is 5.91 Å². The SMILES string of the molecule is O=C(O)[C@@H]1CN(C(=O)c2cnc(C(F)(F)F)nc2)C[C@@H]1c1ccccc1. The van der Waals surface area contributed by atoms with E-state index in [9.17, 15) is 27.9 Å². The maximum absolute atomic E-state index is 12.5. The van der Waals surface area contributed by atoms with Crippen LogP contribution in [0.5, 0.6) is 0 Å². The number of aliphatic carboxylic acids is 1. The normalized spacial score (nSPS) is 20.2. The molecule has 0 radical (unpaired) electrons. The molecule has 0 spiro atoms. The van der Waals surface area contributed by atoms with Gasteiger partial charge in [0.1, 0.15) is 0 Å². The molecule has 3 rings (SSSR count). The maximum atomic E-state index is 12.5. The topological polar surface area (TPSA) is 83.4 Å². The molecule has 1 aromatic carbocycles. The fraction of sp³-hybridized carbons (Fsp3) is 0.294. The van der Waals surface area contributed by atoms with Gasteiger partial charge in [-0.25, -0.2) is 9.97 Å². The third kappa shape index (κ3) is 3.51. The van der Waals surface area contributed by atoms with Crippen molar-refractivity contribution in [3.05, 3.63) is 59.7 Å². The number of hydrogen-bond donors (Lipinski definition) is 1. The van der Waals surface area contributed by atoms with E-state index in [2.05, 4.69) is 9.97 Å². The van der Waals surface area contributed by atoms with Gasteiger partial charge in [0.2, 0.25) is 5.82 Å². The summed E-state index contributed by atoms with van der Waals surface area (Å²) in [6.07, 6.45) is -3.07. The van der Waals surface area contributed by atoms with Gasteiger partial charge in [-0.2, -0.15) is 13.2 Å². The fourth-order valence-electron chi connectivity index (χ4n) is 3.03. The number of carboxylic acid groups (broad SMARTS) is 1. The molecule has 1 N–H and O–H groups in total. The Bertz CT molecular complexity index is 809. The number of halogens is 3. The smallest absolute Gasteiger partial charge is 0.451 e. The van der Waals surface area contributed by atoms with Crippen molar-refractivity contribution >= 4 is 11.9 Å². The number of likely N-dealkylation sites (tertiary alicyclic amines) is 1. The van der Waals surface area contributed by atoms with Crippen molar-refractivity contribution in [3.8, 4) is 0 Å². The number of hydrogen-bond acceptors (Lipinski definition) is 4. The first kappa shape index (κ1) is 17.8. The number of carbonyl (C=O) groups excluding carboxylic acids is 1. The Morgan fingerprint density at radius 1 is 1.08 bits per heavy atom. The molecule has 0 unspecified atom stereocenters. The monoisotopic (exact) mass is 365 g/mol. The second-order valence-electron chi connectivity index (χ2n) is 5.97. The predicted octanol–water partition coefficient (Wildman–Crippen LogP) is 2.44. The van der Waals surface area contributed by atoms with Crippen LogP contribution < -0.4 is 0 Å². The minimum atomic E-state index is -4.69. The van der Waals surface area contributed by atoms with Crippen molar-refractivity contribution in [2.75, 3.05) is 13.1 Å². The van der Waals surface area contributed by atoms with Crippen LogP contribution >= 0.6 is 0 Å². The summed E-state index contributed by atoms with van der Waals surface area (Å²) in [6, 6.07) is 8.94. The van der Waals surface area contributed by atoms with Crippen LogP contribution in [0, 0.1) is 5.92 Å². The Hall–Kier alpha value is -2.97. The first-order valence-electron chi connectivity index (χ1n) is 7.73. The molecule has 2 atom stereocenters. The van der Waals surface area contributed by atoms with E-state index in [0.717, 1.165) is 18.0 Å². The highest BCUT2D eigenvalue weighted by atomic mass is 19.4. The van der Waals surface area contributed by atoms with Gasteiger partial charge in [-0.1, -0.05) is 30.3 Å². The van der Waals surface area contributed by atoms with Gasteiger partial charge in [0.05, 0.1) is 11.5 Å². The fourth-order valence-corrected chi connectivity index (χ4v) is 3.03. The molecule has 2 heterocycles. The molecular weight excluding hydrogens is 351 g/mol. The highest BCUT2D eigenvalue weighted by molar-refractivity contribution is 5.94. The van der Waals surface area contributed by atoms with Gasteiger partial charge < -0.3 is 10.0 Å². The van der Waals surface area contributed by atoms with Crippen molar-refractivity contribution in [2.45, 2.75) is 12.1 Å². The quantitative estimate of drug-likeness (QED) is 0.903. The molecule has 1 aromatic heterocycles. The molecule has 136 valence electrons. The Labute approximate surface area is 146 Å². The second kappa shape index (κ2) is 6.74. The van der Waals surface area contributed by atoms with E-state index in [1.165, 1.54) is 4.90 Å². The van der Waals surface area contributed by atoms with Crippen LogP contribution in [0.3, 0.4) is 0 Å². The Kier molecular flexibility index (Phi) is 4.62. The predicted molar refractivity (Wildman–Crippen MR) is 83.2 cm³/mol. The molecule has 9 heteroatoms. The Morgan fingerprint density at radius 2 is 1.69 bits per heavy atom. The molecular formula is C17H14F3N3O3. The third-order valence-electron chi connectivity index (χ3n) is 4.30. The average molecular weight is 365 g/mol. The molecule has 1 amide bonds. The Balaban J connectivity index is 1.81. The van der Waals surface area contributed by atoms with Crippen LogP contribution in [0.15, 0.2) is 42.7 Å². The molecule has 0 saturated carbocycles. The van der Waals surface area contributed by atoms with E-state index in [1.807, 2.05) is 0 Å². The van der Waals surface area contributed by atoms with Gasteiger partial charge in [-0.15, -0.1) is 0 Å². The van der Waals surface area contributed by atoms with E-state index in [0.29, 0.717) is 0 Å². The van der Waals surface area contributed by atoms with Gasteiger partial charge in [-0.3, -0.25) is 9.59 Å². The molecule has 0 aliphatic carbocycles. The summed E-state index contributed by atoms with van der Waals surface area (Å²) in [5.74, 6) is -4.15. The van der Waals surface area contributed by atoms with Crippen LogP contribution in [0.25, 0.3) is 0 Å². The molecule has 1 aliphatic rings. The van der Waals surface area contributed by atoms with Crippen molar-refractivity contribution in [1.82, 2.24) is 14.9 Å². The van der Waals surface area contributed by atoms with Crippen LogP contribution in [0.1, 0.15) is 27.7 Å². The molecule has 26 heavy (non-hydrogen) atoms. The Morgan fingerprint density at radius 3 is 2.23 bits per heavy atom. The maximum Gasteiger partial charge on any atom is 0.451 e. The lowest BCUT2D eigenvalue weighted by Gasteiger charge is -2.16. The molecule has 0 bridgehead atoms. The molecule has 2 aromatic rings. The number of aromatic nitrogens is 2. The van der Waals surface area contributed by atoms with Gasteiger partial charge in [0.15, 0.2) is 0 Å². The van der Waals surface area contributed by atoms with Gasteiger partial charge in [-0.05, 0) is 5.56 Å². The number of amides is 1. The van der Waals surface area contributed by atoms with Crippen molar-refractivity contribution in [2.24, 2.45) is 5.92 Å². The number of carboxylic acids is 1. The lowest BCUT2D eigenvalue weighted by atomic mass is 9.89. The van der Waals surface area contributed by atoms with Gasteiger partial charge >= 0.3 is 12.1 Å². The highest BCUT2D eigenvalue weighted by Crippen LogP contribution is 2.33. The van der Waals surface area contributed by atoms with Crippen molar-refractivity contribution in [1.29, 1.82) is 0 Å². The van der Waals surface area contributed by atoms with E-state index in [1.54, 1.807) is 30.3 Å². The largest absolute Gasteiger partial charge is 0.481 e. The summed E-state index contributed by atoms with van der Waals surface area (Å²) in [5, 5.41) is 9.45. The first-order valence-corrected chi connectivity index (χ1v) is 7.73. The zero-order valence-electron chi connectivity index (χ0n) is 13.3.